The van der Waals surface area contributed by atoms with Crippen molar-refractivity contribution >= 4 is 5.91 Å². The van der Waals surface area contributed by atoms with Crippen molar-refractivity contribution in [2.45, 2.75) is 39.0 Å². The molecule has 3 heteroatoms. The fraction of sp³-hybridized carbons (Fsp3) is 0.917. The van der Waals surface area contributed by atoms with Crippen molar-refractivity contribution in [2.24, 2.45) is 11.3 Å². The smallest absolute Gasteiger partial charge is 0.226 e. The predicted molar refractivity (Wildman–Crippen MR) is 60.6 cm³/mol. The highest BCUT2D eigenvalue weighted by Gasteiger charge is 2.34. The monoisotopic (exact) mass is 210 g/mol. The fourth-order valence-corrected chi connectivity index (χ4v) is 2.22. The number of piperidine rings is 1. The molecule has 0 aromatic rings. The molecule has 1 heterocycles. The largest absolute Gasteiger partial charge is 0.356 e. The lowest BCUT2D eigenvalue weighted by Gasteiger charge is -2.32. The van der Waals surface area contributed by atoms with Gasteiger partial charge in [0.2, 0.25) is 5.91 Å². The van der Waals surface area contributed by atoms with Crippen LogP contribution in [0, 0.1) is 11.3 Å². The van der Waals surface area contributed by atoms with E-state index < -0.39 is 0 Å². The molecule has 2 fully saturated rings. The van der Waals surface area contributed by atoms with Crippen LogP contribution in [0.2, 0.25) is 0 Å². The van der Waals surface area contributed by atoms with E-state index in [-0.39, 0.29) is 11.3 Å². The fourth-order valence-electron chi connectivity index (χ4n) is 2.22. The normalized spacial score (nSPS) is 24.9. The molecule has 1 saturated carbocycles. The summed E-state index contributed by atoms with van der Waals surface area (Å²) in [5.74, 6) is 1.18. The summed E-state index contributed by atoms with van der Waals surface area (Å²) in [5, 5.41) is 6.40. The molecule has 3 nitrogen and oxygen atoms in total. The summed E-state index contributed by atoms with van der Waals surface area (Å²) >= 11 is 0. The summed E-state index contributed by atoms with van der Waals surface area (Å²) in [6.45, 7) is 4.94. The van der Waals surface area contributed by atoms with Gasteiger partial charge in [-0.05, 0) is 38.3 Å². The second kappa shape index (κ2) is 4.52. The predicted octanol–water partition coefficient (Wildman–Crippen LogP) is 1.29. The zero-order valence-electron chi connectivity index (χ0n) is 9.64. The molecule has 0 atom stereocenters. The molecule has 15 heavy (non-hydrogen) atoms. The van der Waals surface area contributed by atoms with Gasteiger partial charge in [0.1, 0.15) is 0 Å². The standard InChI is InChI=1S/C12H22N2O/c1-12(5-8-13-9-6-12)11(15)14-7-4-10-2-3-10/h10,13H,2-9H2,1H3,(H,14,15). The average Bonchev–Trinajstić information content (AvgIpc) is 3.03. The summed E-state index contributed by atoms with van der Waals surface area (Å²) in [6.07, 6.45) is 5.87. The molecule has 86 valence electrons. The van der Waals surface area contributed by atoms with E-state index in [1.54, 1.807) is 0 Å². The third-order valence-electron chi connectivity index (χ3n) is 3.79. The van der Waals surface area contributed by atoms with E-state index in [0.29, 0.717) is 0 Å². The van der Waals surface area contributed by atoms with E-state index in [0.717, 1.165) is 38.4 Å². The number of hydrogen-bond donors (Lipinski definition) is 2. The minimum atomic E-state index is -0.116. The molecular weight excluding hydrogens is 188 g/mol. The summed E-state index contributed by atoms with van der Waals surface area (Å²) in [4.78, 5) is 12.0. The number of rotatable bonds is 4. The first-order valence-electron chi connectivity index (χ1n) is 6.20. The zero-order valence-corrected chi connectivity index (χ0v) is 9.64. The topological polar surface area (TPSA) is 41.1 Å². The van der Waals surface area contributed by atoms with Gasteiger partial charge in [0.25, 0.3) is 0 Å². The van der Waals surface area contributed by atoms with Crippen molar-refractivity contribution < 1.29 is 4.79 Å². The maximum atomic E-state index is 12.0. The first kappa shape index (κ1) is 10.9. The van der Waals surface area contributed by atoms with Gasteiger partial charge in [-0.2, -0.15) is 0 Å². The van der Waals surface area contributed by atoms with Gasteiger partial charge < -0.3 is 10.6 Å². The van der Waals surface area contributed by atoms with Crippen LogP contribution in [0.25, 0.3) is 0 Å². The van der Waals surface area contributed by atoms with E-state index in [4.69, 9.17) is 0 Å². The molecule has 0 unspecified atom stereocenters. The third kappa shape index (κ3) is 2.94. The van der Waals surface area contributed by atoms with Crippen LogP contribution in [0.4, 0.5) is 0 Å². The number of carbonyl (C=O) groups excluding carboxylic acids is 1. The van der Waals surface area contributed by atoms with Crippen LogP contribution in [0.15, 0.2) is 0 Å². The SMILES string of the molecule is CC1(C(=O)NCCC2CC2)CCNCC1. The van der Waals surface area contributed by atoms with E-state index in [1.165, 1.54) is 19.3 Å². The second-order valence-corrected chi connectivity index (χ2v) is 5.30. The quantitative estimate of drug-likeness (QED) is 0.734. The van der Waals surface area contributed by atoms with Crippen LogP contribution in [-0.4, -0.2) is 25.5 Å². The molecular formula is C12H22N2O. The van der Waals surface area contributed by atoms with Gasteiger partial charge in [-0.3, -0.25) is 4.79 Å². The van der Waals surface area contributed by atoms with Gasteiger partial charge in [-0.15, -0.1) is 0 Å². The highest BCUT2D eigenvalue weighted by Crippen LogP contribution is 2.32. The molecule has 0 bridgehead atoms. The van der Waals surface area contributed by atoms with Crippen molar-refractivity contribution in [3.05, 3.63) is 0 Å². The second-order valence-electron chi connectivity index (χ2n) is 5.30. The van der Waals surface area contributed by atoms with Crippen LogP contribution < -0.4 is 10.6 Å². The van der Waals surface area contributed by atoms with Gasteiger partial charge in [0.15, 0.2) is 0 Å². The summed E-state index contributed by atoms with van der Waals surface area (Å²) in [5.41, 5.74) is -0.116. The Morgan fingerprint density at radius 3 is 2.67 bits per heavy atom. The Morgan fingerprint density at radius 1 is 1.40 bits per heavy atom. The van der Waals surface area contributed by atoms with Crippen LogP contribution in [-0.2, 0) is 4.79 Å². The molecule has 1 aliphatic heterocycles. The molecule has 2 N–H and O–H groups in total. The highest BCUT2D eigenvalue weighted by molar-refractivity contribution is 5.82. The molecule has 0 aromatic heterocycles. The molecule has 0 radical (unpaired) electrons. The molecule has 1 amide bonds. The van der Waals surface area contributed by atoms with Crippen LogP contribution in [0.1, 0.15) is 39.0 Å². The Kier molecular flexibility index (Phi) is 3.29. The van der Waals surface area contributed by atoms with E-state index in [1.807, 2.05) is 0 Å². The van der Waals surface area contributed by atoms with Crippen molar-refractivity contribution in [1.29, 1.82) is 0 Å². The van der Waals surface area contributed by atoms with Gasteiger partial charge in [-0.25, -0.2) is 0 Å². The Balaban J connectivity index is 1.72. The lowest BCUT2D eigenvalue weighted by molar-refractivity contribution is -0.131. The minimum Gasteiger partial charge on any atom is -0.356 e. The summed E-state index contributed by atoms with van der Waals surface area (Å²) in [7, 11) is 0. The molecule has 2 rings (SSSR count). The number of amides is 1. The molecule has 2 aliphatic rings. The Bertz CT molecular complexity index is 230. The first-order valence-corrected chi connectivity index (χ1v) is 6.20. The lowest BCUT2D eigenvalue weighted by Crippen LogP contribution is -2.46. The van der Waals surface area contributed by atoms with Gasteiger partial charge in [0, 0.05) is 12.0 Å². The van der Waals surface area contributed by atoms with Crippen molar-refractivity contribution in [3.63, 3.8) is 0 Å². The minimum absolute atomic E-state index is 0.116. The Hall–Kier alpha value is -0.570. The molecule has 0 spiro atoms. The van der Waals surface area contributed by atoms with Crippen molar-refractivity contribution in [3.8, 4) is 0 Å². The van der Waals surface area contributed by atoms with Gasteiger partial charge in [0.05, 0.1) is 0 Å². The molecule has 0 aromatic carbocycles. The van der Waals surface area contributed by atoms with Crippen LogP contribution in [0.5, 0.6) is 0 Å². The summed E-state index contributed by atoms with van der Waals surface area (Å²) in [6, 6.07) is 0. The maximum absolute atomic E-state index is 12.0. The third-order valence-corrected chi connectivity index (χ3v) is 3.79. The maximum Gasteiger partial charge on any atom is 0.226 e. The Morgan fingerprint density at radius 2 is 2.07 bits per heavy atom. The lowest BCUT2D eigenvalue weighted by atomic mass is 9.80. The van der Waals surface area contributed by atoms with Crippen LogP contribution in [0.3, 0.4) is 0 Å². The van der Waals surface area contributed by atoms with E-state index >= 15 is 0 Å². The first-order chi connectivity index (χ1) is 7.21. The summed E-state index contributed by atoms with van der Waals surface area (Å²) < 4.78 is 0. The van der Waals surface area contributed by atoms with Crippen molar-refractivity contribution in [2.75, 3.05) is 19.6 Å². The number of hydrogen-bond acceptors (Lipinski definition) is 2. The van der Waals surface area contributed by atoms with E-state index in [9.17, 15) is 4.79 Å². The van der Waals surface area contributed by atoms with Crippen molar-refractivity contribution in [1.82, 2.24) is 10.6 Å². The molecule has 1 saturated heterocycles. The van der Waals surface area contributed by atoms with Gasteiger partial charge in [-0.1, -0.05) is 19.8 Å². The Labute approximate surface area is 92.0 Å². The van der Waals surface area contributed by atoms with E-state index in [2.05, 4.69) is 17.6 Å². The average molecular weight is 210 g/mol. The zero-order chi connectivity index (χ0) is 10.7. The molecule has 1 aliphatic carbocycles. The number of nitrogens with one attached hydrogen (secondary N) is 2. The van der Waals surface area contributed by atoms with Gasteiger partial charge >= 0.3 is 0 Å². The number of carbonyl (C=O) groups is 1. The van der Waals surface area contributed by atoms with Crippen LogP contribution >= 0.6 is 0 Å². The highest BCUT2D eigenvalue weighted by atomic mass is 16.2.